The van der Waals surface area contributed by atoms with Crippen LogP contribution in [0.5, 0.6) is 5.75 Å². The Hall–Kier alpha value is -3.50. The van der Waals surface area contributed by atoms with Gasteiger partial charge in [0, 0.05) is 38.1 Å². The number of ether oxygens (including phenoxy) is 1. The highest BCUT2D eigenvalue weighted by Crippen LogP contribution is 2.41. The van der Waals surface area contributed by atoms with Crippen LogP contribution in [0.15, 0.2) is 52.6 Å². The molecule has 2 unspecified atom stereocenters. The second-order valence-electron chi connectivity index (χ2n) is 9.67. The number of alkyl halides is 3. The van der Waals surface area contributed by atoms with Crippen molar-refractivity contribution in [3.63, 3.8) is 0 Å². The maximum atomic E-state index is 13.2. The van der Waals surface area contributed by atoms with Crippen LogP contribution in [0.25, 0.3) is 0 Å². The van der Waals surface area contributed by atoms with Gasteiger partial charge in [0.2, 0.25) is 11.9 Å². The third-order valence-electron chi connectivity index (χ3n) is 7.47. The number of fused-ring (bicyclic) bond motifs is 3. The molecular weight excluding hydrogens is 471 g/mol. The minimum atomic E-state index is -4.45. The number of pyridine rings is 1. The molecule has 3 aliphatic heterocycles. The van der Waals surface area contributed by atoms with Crippen molar-refractivity contribution in [3.8, 4) is 5.75 Å². The zero-order valence-electron chi connectivity index (χ0n) is 19.9. The third-order valence-corrected chi connectivity index (χ3v) is 7.47. The smallest absolute Gasteiger partial charge is 0.433 e. The highest BCUT2D eigenvalue weighted by Gasteiger charge is 2.44. The van der Waals surface area contributed by atoms with E-state index in [9.17, 15) is 13.2 Å². The first kappa shape index (κ1) is 22.9. The molecule has 6 rings (SSSR count). The van der Waals surface area contributed by atoms with Crippen molar-refractivity contribution in [1.82, 2.24) is 15.4 Å². The Morgan fingerprint density at radius 1 is 1.06 bits per heavy atom. The molecule has 3 fully saturated rings. The van der Waals surface area contributed by atoms with Crippen molar-refractivity contribution in [2.24, 2.45) is 21.8 Å². The Balaban J connectivity index is 1.27. The fraction of sp³-hybridized carbons (Fsp3) is 0.480. The van der Waals surface area contributed by atoms with E-state index in [0.717, 1.165) is 61.8 Å². The lowest BCUT2D eigenvalue weighted by Crippen LogP contribution is -2.46. The van der Waals surface area contributed by atoms with Gasteiger partial charge in [0.15, 0.2) is 0 Å². The third kappa shape index (κ3) is 4.10. The van der Waals surface area contributed by atoms with Gasteiger partial charge in [-0.1, -0.05) is 0 Å². The normalized spacial score (nSPS) is 26.7. The molecule has 2 aromatic rings. The topological polar surface area (TPSA) is 68.6 Å². The van der Waals surface area contributed by atoms with Crippen LogP contribution in [0.2, 0.25) is 0 Å². The number of nitrogens with zero attached hydrogens (tertiary/aromatic N) is 6. The molecule has 11 heteroatoms. The van der Waals surface area contributed by atoms with Gasteiger partial charge in [-0.25, -0.2) is 9.89 Å². The van der Waals surface area contributed by atoms with Crippen LogP contribution >= 0.6 is 0 Å². The molecule has 1 aliphatic carbocycles. The quantitative estimate of drug-likeness (QED) is 0.691. The van der Waals surface area contributed by atoms with E-state index < -0.39 is 11.9 Å². The highest BCUT2D eigenvalue weighted by atomic mass is 19.4. The van der Waals surface area contributed by atoms with Crippen molar-refractivity contribution in [1.29, 1.82) is 0 Å². The number of piperidine rings is 1. The summed E-state index contributed by atoms with van der Waals surface area (Å²) >= 11 is 0. The van der Waals surface area contributed by atoms with Gasteiger partial charge in [-0.3, -0.25) is 20.4 Å². The van der Waals surface area contributed by atoms with Gasteiger partial charge in [0.1, 0.15) is 11.4 Å². The Morgan fingerprint density at radius 2 is 1.81 bits per heavy atom. The Labute approximate surface area is 207 Å². The number of rotatable bonds is 4. The zero-order valence-corrected chi connectivity index (χ0v) is 19.9. The summed E-state index contributed by atoms with van der Waals surface area (Å²) in [6.45, 7) is 2.96. The summed E-state index contributed by atoms with van der Waals surface area (Å²) in [5.41, 5.74) is 4.13. The summed E-state index contributed by atoms with van der Waals surface area (Å²) in [7, 11) is 1.64. The van der Waals surface area contributed by atoms with Crippen LogP contribution in [0.1, 0.15) is 25.0 Å². The Kier molecular flexibility index (Phi) is 5.65. The first-order valence-corrected chi connectivity index (χ1v) is 12.3. The van der Waals surface area contributed by atoms with Crippen molar-refractivity contribution < 1.29 is 17.9 Å². The molecule has 1 aromatic heterocycles. The molecule has 2 atom stereocenters. The van der Waals surface area contributed by atoms with Crippen molar-refractivity contribution in [2.45, 2.75) is 31.5 Å². The predicted molar refractivity (Wildman–Crippen MR) is 131 cm³/mol. The van der Waals surface area contributed by atoms with Crippen molar-refractivity contribution in [3.05, 3.63) is 48.3 Å². The SMILES string of the molecule is COc1ccc(N2C(=NC3C4CCC3CN(c3ccnc(C(F)(F)F)c3)C4)NN3CCCN=C32)cc1. The van der Waals surface area contributed by atoms with Gasteiger partial charge in [-0.05, 0) is 67.5 Å². The maximum absolute atomic E-state index is 13.2. The molecule has 1 aromatic carbocycles. The minimum Gasteiger partial charge on any atom is -0.497 e. The monoisotopic (exact) mass is 499 g/mol. The lowest BCUT2D eigenvalue weighted by Gasteiger charge is -2.38. The molecule has 4 heterocycles. The number of aliphatic imine (C=N–C) groups is 2. The fourth-order valence-corrected chi connectivity index (χ4v) is 5.74. The van der Waals surface area contributed by atoms with Gasteiger partial charge in [0.25, 0.3) is 0 Å². The molecule has 8 nitrogen and oxygen atoms in total. The van der Waals surface area contributed by atoms with E-state index in [1.165, 1.54) is 6.20 Å². The molecule has 1 saturated carbocycles. The van der Waals surface area contributed by atoms with Gasteiger partial charge in [-0.2, -0.15) is 13.2 Å². The average Bonchev–Trinajstić information content (AvgIpc) is 3.35. The number of hydrogen-bond acceptors (Lipinski definition) is 6. The second-order valence-corrected chi connectivity index (χ2v) is 9.67. The number of hydrogen-bond donors (Lipinski definition) is 1. The van der Waals surface area contributed by atoms with E-state index in [-0.39, 0.29) is 17.9 Å². The molecule has 0 radical (unpaired) electrons. The molecule has 36 heavy (non-hydrogen) atoms. The van der Waals surface area contributed by atoms with E-state index in [1.807, 2.05) is 29.3 Å². The molecule has 0 amide bonds. The van der Waals surface area contributed by atoms with E-state index in [4.69, 9.17) is 14.7 Å². The van der Waals surface area contributed by atoms with Crippen LogP contribution in [0.3, 0.4) is 0 Å². The number of halogens is 3. The maximum Gasteiger partial charge on any atom is 0.433 e. The van der Waals surface area contributed by atoms with E-state index in [0.29, 0.717) is 18.8 Å². The zero-order chi connectivity index (χ0) is 24.9. The molecule has 190 valence electrons. The van der Waals surface area contributed by atoms with Crippen LogP contribution in [0, 0.1) is 11.8 Å². The Bertz CT molecular complexity index is 1170. The summed E-state index contributed by atoms with van der Waals surface area (Å²) in [5.74, 6) is 2.89. The number of nitrogens with one attached hydrogen (secondary N) is 1. The van der Waals surface area contributed by atoms with Crippen LogP contribution in [0.4, 0.5) is 24.5 Å². The minimum absolute atomic E-state index is 0.0929. The van der Waals surface area contributed by atoms with Gasteiger partial charge >= 0.3 is 6.18 Å². The highest BCUT2D eigenvalue weighted by molar-refractivity contribution is 6.21. The molecule has 1 N–H and O–H groups in total. The summed E-state index contributed by atoms with van der Waals surface area (Å²) in [5, 5.41) is 2.04. The van der Waals surface area contributed by atoms with Crippen LogP contribution in [-0.2, 0) is 6.18 Å². The summed E-state index contributed by atoms with van der Waals surface area (Å²) in [6, 6.07) is 10.8. The average molecular weight is 500 g/mol. The van der Waals surface area contributed by atoms with Crippen LogP contribution in [-0.4, -0.2) is 61.2 Å². The standard InChI is InChI=1S/C25H28F3N7O/c1-36-20-7-5-18(6-8-20)35-23(32-34-12-2-10-30-24(34)35)31-22-16-3-4-17(22)15-33(14-16)19-9-11-29-21(13-19)25(26,27)28/h5-9,11,13,16-17,22H,2-4,10,12,14-15H2,1H3,(H,31,32). The van der Waals surface area contributed by atoms with Gasteiger partial charge in [-0.15, -0.1) is 0 Å². The lowest BCUT2D eigenvalue weighted by atomic mass is 9.92. The van der Waals surface area contributed by atoms with Crippen LogP contribution < -0.4 is 20.0 Å². The first-order chi connectivity index (χ1) is 17.4. The summed E-state index contributed by atoms with van der Waals surface area (Å²) in [4.78, 5) is 17.6. The molecule has 2 saturated heterocycles. The largest absolute Gasteiger partial charge is 0.497 e. The lowest BCUT2D eigenvalue weighted by molar-refractivity contribution is -0.141. The van der Waals surface area contributed by atoms with Crippen molar-refractivity contribution in [2.75, 3.05) is 43.1 Å². The number of methoxy groups -OCH3 is 1. The van der Waals surface area contributed by atoms with Crippen molar-refractivity contribution >= 4 is 23.3 Å². The predicted octanol–water partition coefficient (Wildman–Crippen LogP) is 3.77. The number of hydrazine groups is 1. The molecule has 4 aliphatic rings. The number of aromatic nitrogens is 1. The number of guanidine groups is 2. The van der Waals surface area contributed by atoms with Gasteiger partial charge < -0.3 is 9.64 Å². The number of benzene rings is 1. The van der Waals surface area contributed by atoms with E-state index in [2.05, 4.69) is 20.2 Å². The first-order valence-electron chi connectivity index (χ1n) is 12.3. The molecule has 0 spiro atoms. The summed E-state index contributed by atoms with van der Waals surface area (Å²) < 4.78 is 44.9. The van der Waals surface area contributed by atoms with E-state index >= 15 is 0 Å². The Morgan fingerprint density at radius 3 is 2.50 bits per heavy atom. The second kappa shape index (κ2) is 8.86. The number of anilines is 2. The van der Waals surface area contributed by atoms with E-state index in [1.54, 1.807) is 13.2 Å². The molecular formula is C25H28F3N7O. The fourth-order valence-electron chi connectivity index (χ4n) is 5.74. The summed E-state index contributed by atoms with van der Waals surface area (Å²) in [6.07, 6.45) is -0.221. The molecule has 2 bridgehead atoms. The van der Waals surface area contributed by atoms with Gasteiger partial charge in [0.05, 0.1) is 18.8 Å².